The molecule has 53 nitrogen and oxygen atoms in total. The zero-order valence-electron chi connectivity index (χ0n) is 84.8. The number of unbranched alkanes of at least 4 members (excludes halogenated alkanes) is 1. The topological polar surface area (TPSA) is 862 Å². The second-order valence-electron chi connectivity index (χ2n) is 37.1. The molecule has 0 aliphatic carbocycles. The van der Waals surface area contributed by atoms with E-state index >= 15 is 0 Å². The van der Waals surface area contributed by atoms with E-state index in [4.69, 9.17) is 54.4 Å². The molecule has 0 saturated carbocycles. The molecule has 55 heteroatoms. The monoisotopic (exact) mass is 2140 g/mol. The summed E-state index contributed by atoms with van der Waals surface area (Å²) in [5.41, 5.74) is 28.5. The van der Waals surface area contributed by atoms with Crippen LogP contribution in [0.15, 0.2) is 79.6 Å². The van der Waals surface area contributed by atoms with E-state index < -0.39 is 222 Å². The minimum absolute atomic E-state index is 0.00592. The van der Waals surface area contributed by atoms with Crippen molar-refractivity contribution in [3.63, 3.8) is 0 Å². The van der Waals surface area contributed by atoms with Crippen LogP contribution in [0, 0.1) is 34.0 Å². The summed E-state index contributed by atoms with van der Waals surface area (Å²) in [4.78, 5) is 250. The zero-order chi connectivity index (χ0) is 111. The van der Waals surface area contributed by atoms with Crippen molar-refractivity contribution in [3.8, 4) is 23.0 Å². The highest BCUT2D eigenvalue weighted by Crippen LogP contribution is 2.57. The van der Waals surface area contributed by atoms with Crippen LogP contribution in [0.1, 0.15) is 181 Å². The largest absolute Gasteiger partial charge is 0.508 e. The second-order valence-corrected chi connectivity index (χ2v) is 39.1. The number of thioether (sulfide) groups is 2. The highest BCUT2D eigenvalue weighted by atomic mass is 32.2. The molecule has 150 heavy (non-hydrogen) atoms. The van der Waals surface area contributed by atoms with Crippen molar-refractivity contribution in [2.45, 2.75) is 235 Å². The number of hydrogen-bond acceptors (Lipinski definition) is 32. The van der Waals surface area contributed by atoms with Gasteiger partial charge in [-0.05, 0) is 175 Å². The maximum absolute atomic E-state index is 14.7. The zero-order valence-corrected chi connectivity index (χ0v) is 86.5. The number of phenolic OH excluding ortho intramolecular Hbond substituents is 2. The van der Waals surface area contributed by atoms with Crippen molar-refractivity contribution in [2.75, 3.05) is 70.0 Å². The Bertz CT molecular complexity index is 5530. The number of imidazole rings is 2. The number of aliphatic hydroxyl groups excluding tert-OH is 2. The molecule has 0 saturated heterocycles. The van der Waals surface area contributed by atoms with E-state index in [1.54, 1.807) is 60.1 Å². The maximum atomic E-state index is 14.7. The number of amides is 14. The van der Waals surface area contributed by atoms with Crippen LogP contribution in [0.3, 0.4) is 0 Å². The molecule has 14 amide bonds. The predicted octanol–water partition coefficient (Wildman–Crippen LogP) is -4.93. The van der Waals surface area contributed by atoms with Gasteiger partial charge in [-0.2, -0.15) is 23.5 Å². The van der Waals surface area contributed by atoms with E-state index in [1.807, 2.05) is 0 Å². The summed E-state index contributed by atoms with van der Waals surface area (Å²) in [6.45, 7) is 8.72. The molecule has 2 aliphatic heterocycles. The van der Waals surface area contributed by atoms with Gasteiger partial charge in [0.2, 0.25) is 82.7 Å². The van der Waals surface area contributed by atoms with Crippen LogP contribution in [0.2, 0.25) is 0 Å². The number of carbonyl (C=O) groups excluding carboxylic acids is 16. The Hall–Kier alpha value is -15.0. The smallest absolute Gasteiger partial charge is 0.340 e. The number of nitrogens with zero attached hydrogens (tertiary/aromatic N) is 3. The molecule has 2 aromatic heterocycles. The molecule has 822 valence electrons. The molecule has 4 heterocycles. The summed E-state index contributed by atoms with van der Waals surface area (Å²) in [6, 6.07) is -7.96. The Kier molecular flexibility index (Phi) is 48.7. The summed E-state index contributed by atoms with van der Waals surface area (Å²) in [6.07, 6.45) is 8.47. The van der Waals surface area contributed by atoms with Gasteiger partial charge in [0.05, 0.1) is 49.1 Å². The second kappa shape index (κ2) is 59.9. The highest BCUT2D eigenvalue weighted by molar-refractivity contribution is 7.98. The molecule has 0 radical (unpaired) electrons. The van der Waals surface area contributed by atoms with Crippen LogP contribution in [0.5, 0.6) is 23.0 Å². The number of carbonyl (C=O) groups is 17. The first-order chi connectivity index (χ1) is 71.1. The van der Waals surface area contributed by atoms with Crippen LogP contribution in [0.25, 0.3) is 0 Å². The van der Waals surface area contributed by atoms with E-state index in [9.17, 15) is 107 Å². The molecule has 3 aromatic carbocycles. The number of benzene rings is 3. The van der Waals surface area contributed by atoms with Crippen molar-refractivity contribution in [1.29, 1.82) is 16.2 Å². The van der Waals surface area contributed by atoms with Crippen molar-refractivity contribution in [2.24, 2.45) is 46.4 Å². The third-order valence-electron chi connectivity index (χ3n) is 23.9. The molecule has 0 unspecified atom stereocenters. The van der Waals surface area contributed by atoms with E-state index in [-0.39, 0.29) is 197 Å². The van der Waals surface area contributed by atoms with Crippen molar-refractivity contribution < 1.29 is 117 Å². The van der Waals surface area contributed by atoms with Gasteiger partial charge in [-0.15, -0.1) is 0 Å². The fourth-order valence-electron chi connectivity index (χ4n) is 16.1. The lowest BCUT2D eigenvalue weighted by molar-refractivity contribution is -0.142. The number of esters is 1. The molecule has 2 aliphatic rings. The van der Waals surface area contributed by atoms with Crippen LogP contribution in [-0.2, 0) is 95.1 Å². The number of aliphatic hydroxyl groups is 2. The number of hydrogen-bond donors (Lipinski definition) is 31. The SMILES string of the molecule is CSCC[C@H](NC(=O)[C@H](C)NC(=O)[C@H](CO)NC(=O)[C@H](CCCNC(=N)N)NC(=O)[C@H](CCSC)NC(=O)[C@@H](N)Cc1cn(C(=O)c2ccc3c(c2)C(=O)OC32c3ccc(O)cc3Oc3cc(O)ccc32)cn1)C(=O)N[C@@H](CO)C(=O)NCC(=O)N[C@@H](CC(C)C)C(=O)N[C@@H](Cc1c[nH]cn1)C(=O)N[C@@H](CC(C)C)C(=O)N[C@H](C(=O)N[C@@H](CCCCN)C(=O)N[C@@H](CCCNC(=N)N)C(=O)N[C@@H](CCCNC(=N)N)C(=O)O)C(C)C. The van der Waals surface area contributed by atoms with Gasteiger partial charge < -0.3 is 159 Å². The Balaban J connectivity index is 0.943. The summed E-state index contributed by atoms with van der Waals surface area (Å²) in [5, 5.41) is 118. The number of aromatic nitrogens is 4. The predicted molar refractivity (Wildman–Crippen MR) is 550 cm³/mol. The molecular weight excluding hydrogens is 2000 g/mol. The van der Waals surface area contributed by atoms with E-state index in [0.717, 1.165) is 4.57 Å². The first-order valence-electron chi connectivity index (χ1n) is 48.8. The van der Waals surface area contributed by atoms with Gasteiger partial charge >= 0.3 is 11.9 Å². The number of H-pyrrole nitrogens is 1. The van der Waals surface area contributed by atoms with Crippen molar-refractivity contribution >= 4 is 142 Å². The first kappa shape index (κ1) is 122. The number of rotatable bonds is 63. The van der Waals surface area contributed by atoms with Crippen molar-refractivity contribution in [1.82, 2.24) is 110 Å². The van der Waals surface area contributed by atoms with Crippen LogP contribution in [0.4, 0.5) is 0 Å². The van der Waals surface area contributed by atoms with Gasteiger partial charge in [-0.25, -0.2) is 19.6 Å². The minimum atomic E-state index is -1.82. The molecular formula is C95H141N29O24S2. The number of guanidine groups is 3. The lowest BCUT2D eigenvalue weighted by atomic mass is 9.77. The van der Waals surface area contributed by atoms with Crippen molar-refractivity contribution in [3.05, 3.63) is 119 Å². The van der Waals surface area contributed by atoms with Gasteiger partial charge in [-0.3, -0.25) is 92.7 Å². The molecule has 14 atom stereocenters. The average molecular weight is 2140 g/mol. The Labute approximate surface area is 873 Å². The Morgan fingerprint density at radius 1 is 0.467 bits per heavy atom. The Morgan fingerprint density at radius 3 is 1.37 bits per heavy atom. The number of carboxylic acids is 1. The number of aromatic amines is 1. The summed E-state index contributed by atoms with van der Waals surface area (Å²) in [5.74, 6) is -18.1. The minimum Gasteiger partial charge on any atom is -0.508 e. The van der Waals surface area contributed by atoms with Gasteiger partial charge in [0.25, 0.3) is 5.91 Å². The molecule has 7 rings (SSSR count). The van der Waals surface area contributed by atoms with Crippen LogP contribution in [-0.4, -0.2) is 318 Å². The van der Waals surface area contributed by atoms with E-state index in [2.05, 4.69) is 105 Å². The van der Waals surface area contributed by atoms with Crippen LogP contribution < -0.4 is 124 Å². The van der Waals surface area contributed by atoms with Gasteiger partial charge in [0.1, 0.15) is 108 Å². The average Bonchev–Trinajstić information content (AvgIpc) is 1.54. The maximum Gasteiger partial charge on any atom is 0.340 e. The fraction of sp³-hybridized carbons (Fsp3) is 0.537. The normalized spacial score (nSPS) is 14.8. The number of carboxylic acid groups (broad SMARTS) is 1. The Morgan fingerprint density at radius 2 is 0.893 bits per heavy atom. The number of fused-ring (bicyclic) bond motifs is 6. The highest BCUT2D eigenvalue weighted by Gasteiger charge is 2.54. The fourth-order valence-corrected chi connectivity index (χ4v) is 17.0. The van der Waals surface area contributed by atoms with Gasteiger partial charge in [0.15, 0.2) is 23.5 Å². The lowest BCUT2D eigenvalue weighted by Crippen LogP contribution is -2.61. The van der Waals surface area contributed by atoms with Gasteiger partial charge in [-0.1, -0.05) is 47.6 Å². The number of nitrogens with one attached hydrogen (secondary N) is 21. The number of nitrogens with two attached hydrogens (primary N) is 5. The summed E-state index contributed by atoms with van der Waals surface area (Å²) < 4.78 is 13.3. The molecule has 0 bridgehead atoms. The van der Waals surface area contributed by atoms with E-state index in [1.165, 1.54) is 104 Å². The van der Waals surface area contributed by atoms with E-state index in [0.29, 0.717) is 23.1 Å². The molecule has 36 N–H and O–H groups in total. The third kappa shape index (κ3) is 37.1. The van der Waals surface area contributed by atoms with Gasteiger partial charge in [0, 0.05) is 79.3 Å². The number of phenols is 2. The number of ether oxygens (including phenoxy) is 2. The number of aromatic hydroxyl groups is 2. The molecule has 0 fully saturated rings. The first-order valence-corrected chi connectivity index (χ1v) is 51.6. The third-order valence-corrected chi connectivity index (χ3v) is 25.2. The standard InChI is InChI=1S/C95H141N29O24S2/c1-47(2)33-67(84(138)120-69(37-52-40-104-45-109-52)85(139)119-68(34-48(3)4)86(140)123-75(49(5)6)88(142)117-61(15-10-11-27-96)79(133)115-62(16-12-28-105-92(98)99)80(134)118-66(90(144)145)18-14-30-107-94(102)103)112-74(129)41-108-78(132)70(43-125)121-83(137)64(25-31-149-8)113-76(130)50(7)111-87(141)71(44-126)122-81(135)63(17-13-29-106-93(100)101)116-82(136)65(26-32-150-9)114-77(131)60(97)36-53-42-124(46-110-53)89(143)51-19-22-57-56(35-51)91(146)148-95(57)58-23-20-54(127)38-72(58)147-73-39-55(128)21-24-59(73)95/h19-24,35,38-40,42,45-50,60-71,75,125-128H,10-18,25-34,36-37,41,43-44,96-97H2,1-9H3,(H,104,109)(H,108,132)(H,111,141)(H,112,129)(H,113,130)(H,114,131)(H,115,133)(H,116,136)(H,117,142)(H,118,134)(H,119,139)(H,120,138)(H,121,137)(H,122,135)(H,123,140)(H,144,145)(H4,98,99,105)(H4,100,101,106)(H4,102,103,107)/t50-,60-,61-,62-,63-,64-,65-,66-,67-,68-,69-,70-,71-,75-/m0/s1. The molecule has 1 spiro atoms. The molecule has 5 aromatic rings. The quantitative estimate of drug-likeness (QED) is 0.00751. The summed E-state index contributed by atoms with van der Waals surface area (Å²) in [7, 11) is 0. The summed E-state index contributed by atoms with van der Waals surface area (Å²) >= 11 is 2.56. The van der Waals surface area contributed by atoms with Crippen LogP contribution >= 0.6 is 23.5 Å². The lowest BCUT2D eigenvalue weighted by Gasteiger charge is -2.36. The number of aliphatic carboxylic acids is 1.